The van der Waals surface area contributed by atoms with Crippen molar-refractivity contribution in [2.24, 2.45) is 0 Å². The van der Waals surface area contributed by atoms with Gasteiger partial charge in [-0.05, 0) is 23.8 Å². The highest BCUT2D eigenvalue weighted by Gasteiger charge is 2.22. The molecular weight excluding hydrogens is 354 g/mol. The SMILES string of the molecule is N#Cc1ccc(COC(=O)COc2ccccc2C2SCCS2)cc1. The highest BCUT2D eigenvalue weighted by molar-refractivity contribution is 8.19. The van der Waals surface area contributed by atoms with Gasteiger partial charge in [-0.3, -0.25) is 0 Å². The second-order valence-corrected chi connectivity index (χ2v) is 8.09. The molecule has 0 bridgehead atoms. The summed E-state index contributed by atoms with van der Waals surface area (Å²) in [6, 6.07) is 16.8. The van der Waals surface area contributed by atoms with Crippen molar-refractivity contribution in [2.75, 3.05) is 18.1 Å². The molecule has 1 heterocycles. The number of hydrogen-bond donors (Lipinski definition) is 0. The van der Waals surface area contributed by atoms with Gasteiger partial charge in [-0.2, -0.15) is 5.26 Å². The summed E-state index contributed by atoms with van der Waals surface area (Å²) < 4.78 is 11.3. The Kier molecular flexibility index (Phi) is 6.26. The van der Waals surface area contributed by atoms with E-state index in [1.807, 2.05) is 47.8 Å². The summed E-state index contributed by atoms with van der Waals surface area (Å²) >= 11 is 3.80. The molecule has 0 atom stereocenters. The molecule has 4 nitrogen and oxygen atoms in total. The van der Waals surface area contributed by atoms with Gasteiger partial charge in [0.05, 0.1) is 16.2 Å². The lowest BCUT2D eigenvalue weighted by molar-refractivity contribution is -0.147. The predicted octanol–water partition coefficient (Wildman–Crippen LogP) is 4.16. The Bertz CT molecular complexity index is 765. The summed E-state index contributed by atoms with van der Waals surface area (Å²) in [6.07, 6.45) is 0. The molecule has 1 aliphatic heterocycles. The maximum absolute atomic E-state index is 11.9. The number of para-hydroxylation sites is 1. The maximum Gasteiger partial charge on any atom is 0.344 e. The molecule has 0 N–H and O–H groups in total. The molecule has 6 heteroatoms. The van der Waals surface area contributed by atoms with E-state index < -0.39 is 5.97 Å². The third kappa shape index (κ3) is 4.94. The number of nitriles is 1. The topological polar surface area (TPSA) is 59.3 Å². The number of carbonyl (C=O) groups excluding carboxylic acids is 1. The van der Waals surface area contributed by atoms with E-state index in [1.54, 1.807) is 24.3 Å². The van der Waals surface area contributed by atoms with Gasteiger partial charge in [0, 0.05) is 17.1 Å². The van der Waals surface area contributed by atoms with Crippen molar-refractivity contribution < 1.29 is 14.3 Å². The molecular formula is C19H17NO3S2. The fraction of sp³-hybridized carbons (Fsp3) is 0.263. The van der Waals surface area contributed by atoms with Crippen molar-refractivity contribution in [3.63, 3.8) is 0 Å². The zero-order chi connectivity index (χ0) is 17.5. The Morgan fingerprint density at radius 2 is 1.84 bits per heavy atom. The van der Waals surface area contributed by atoms with Crippen LogP contribution in [-0.2, 0) is 16.1 Å². The van der Waals surface area contributed by atoms with Gasteiger partial charge in [0.1, 0.15) is 12.4 Å². The first-order valence-electron chi connectivity index (χ1n) is 7.86. The highest BCUT2D eigenvalue weighted by Crippen LogP contribution is 2.48. The van der Waals surface area contributed by atoms with Crippen LogP contribution >= 0.6 is 23.5 Å². The average molecular weight is 371 g/mol. The molecule has 2 aromatic rings. The van der Waals surface area contributed by atoms with E-state index in [0.29, 0.717) is 10.1 Å². The van der Waals surface area contributed by atoms with Crippen molar-refractivity contribution in [3.05, 3.63) is 65.2 Å². The first-order valence-corrected chi connectivity index (χ1v) is 9.95. The first kappa shape index (κ1) is 17.7. The fourth-order valence-corrected chi connectivity index (χ4v) is 5.27. The number of thioether (sulfide) groups is 2. The summed E-state index contributed by atoms with van der Waals surface area (Å²) in [5.74, 6) is 2.60. The van der Waals surface area contributed by atoms with Crippen LogP contribution in [0.2, 0.25) is 0 Å². The smallest absolute Gasteiger partial charge is 0.344 e. The van der Waals surface area contributed by atoms with Crippen LogP contribution in [0.15, 0.2) is 48.5 Å². The summed E-state index contributed by atoms with van der Waals surface area (Å²) in [5.41, 5.74) is 2.54. The number of nitrogens with zero attached hydrogens (tertiary/aromatic N) is 1. The van der Waals surface area contributed by atoms with Gasteiger partial charge in [-0.15, -0.1) is 23.5 Å². The summed E-state index contributed by atoms with van der Waals surface area (Å²) in [4.78, 5) is 11.9. The zero-order valence-electron chi connectivity index (χ0n) is 13.5. The van der Waals surface area contributed by atoms with E-state index in [-0.39, 0.29) is 13.2 Å². The molecule has 1 saturated heterocycles. The van der Waals surface area contributed by atoms with Crippen LogP contribution in [0.3, 0.4) is 0 Å². The third-order valence-electron chi connectivity index (χ3n) is 3.62. The van der Waals surface area contributed by atoms with Crippen LogP contribution < -0.4 is 4.74 Å². The summed E-state index contributed by atoms with van der Waals surface area (Å²) in [5, 5.41) is 8.77. The van der Waals surface area contributed by atoms with Crippen molar-refractivity contribution in [3.8, 4) is 11.8 Å². The number of hydrogen-bond acceptors (Lipinski definition) is 6. The lowest BCUT2D eigenvalue weighted by atomic mass is 10.2. The number of benzene rings is 2. The molecule has 0 saturated carbocycles. The Balaban J connectivity index is 1.51. The zero-order valence-corrected chi connectivity index (χ0v) is 15.1. The molecule has 2 aromatic carbocycles. The van der Waals surface area contributed by atoms with Crippen LogP contribution in [-0.4, -0.2) is 24.1 Å². The van der Waals surface area contributed by atoms with Crippen LogP contribution in [0.4, 0.5) is 0 Å². The highest BCUT2D eigenvalue weighted by atomic mass is 32.2. The predicted molar refractivity (Wildman–Crippen MR) is 101 cm³/mol. The van der Waals surface area contributed by atoms with Crippen LogP contribution in [0.25, 0.3) is 0 Å². The molecule has 128 valence electrons. The second-order valence-electron chi connectivity index (χ2n) is 5.37. The quantitative estimate of drug-likeness (QED) is 0.711. The maximum atomic E-state index is 11.9. The van der Waals surface area contributed by atoms with E-state index in [9.17, 15) is 4.79 Å². The normalized spacial score (nSPS) is 14.0. The van der Waals surface area contributed by atoms with Crippen LogP contribution in [0, 0.1) is 11.3 Å². The largest absolute Gasteiger partial charge is 0.482 e. The van der Waals surface area contributed by atoms with Crippen LogP contribution in [0.1, 0.15) is 21.3 Å². The molecule has 1 fully saturated rings. The minimum absolute atomic E-state index is 0.116. The molecule has 0 spiro atoms. The van der Waals surface area contributed by atoms with Crippen molar-refractivity contribution >= 4 is 29.5 Å². The molecule has 25 heavy (non-hydrogen) atoms. The molecule has 0 radical (unpaired) electrons. The Morgan fingerprint density at radius 1 is 1.12 bits per heavy atom. The molecule has 0 aliphatic carbocycles. The molecule has 0 unspecified atom stereocenters. The lowest BCUT2D eigenvalue weighted by Crippen LogP contribution is -2.15. The van der Waals surface area contributed by atoms with E-state index in [4.69, 9.17) is 14.7 Å². The third-order valence-corrected chi connectivity index (χ3v) is 6.69. The lowest BCUT2D eigenvalue weighted by Gasteiger charge is -2.14. The van der Waals surface area contributed by atoms with Crippen molar-refractivity contribution in [2.45, 2.75) is 11.2 Å². The standard InChI is InChI=1S/C19H17NO3S2/c20-11-14-5-7-15(8-6-14)12-23-18(21)13-22-17-4-2-1-3-16(17)19-24-9-10-25-19/h1-8,19H,9-10,12-13H2. The Labute approximate surface area is 155 Å². The van der Waals surface area contributed by atoms with Crippen molar-refractivity contribution in [1.82, 2.24) is 0 Å². The first-order chi connectivity index (χ1) is 12.3. The number of esters is 1. The van der Waals surface area contributed by atoms with Gasteiger partial charge in [0.25, 0.3) is 0 Å². The van der Waals surface area contributed by atoms with Gasteiger partial charge >= 0.3 is 5.97 Å². The van der Waals surface area contributed by atoms with E-state index in [1.165, 1.54) is 0 Å². The van der Waals surface area contributed by atoms with Gasteiger partial charge in [0.2, 0.25) is 0 Å². The summed E-state index contributed by atoms with van der Waals surface area (Å²) in [7, 11) is 0. The minimum atomic E-state index is -0.411. The van der Waals surface area contributed by atoms with Gasteiger partial charge in [-0.25, -0.2) is 4.79 Å². The average Bonchev–Trinajstić information content (AvgIpc) is 3.20. The van der Waals surface area contributed by atoms with Gasteiger partial charge in [-0.1, -0.05) is 30.3 Å². The van der Waals surface area contributed by atoms with E-state index >= 15 is 0 Å². The monoisotopic (exact) mass is 371 g/mol. The Hall–Kier alpha value is -2.10. The van der Waals surface area contributed by atoms with Crippen LogP contribution in [0.5, 0.6) is 5.75 Å². The van der Waals surface area contributed by atoms with Crippen molar-refractivity contribution in [1.29, 1.82) is 5.26 Å². The minimum Gasteiger partial charge on any atom is -0.482 e. The number of rotatable bonds is 6. The molecule has 0 amide bonds. The van der Waals surface area contributed by atoms with E-state index in [0.717, 1.165) is 28.4 Å². The fourth-order valence-electron chi connectivity index (χ4n) is 2.36. The molecule has 1 aliphatic rings. The number of carbonyl (C=O) groups is 1. The number of ether oxygens (including phenoxy) is 2. The second kappa shape index (κ2) is 8.84. The van der Waals surface area contributed by atoms with Gasteiger partial charge < -0.3 is 9.47 Å². The Morgan fingerprint density at radius 3 is 2.56 bits per heavy atom. The molecule has 3 rings (SSSR count). The van der Waals surface area contributed by atoms with E-state index in [2.05, 4.69) is 6.07 Å². The molecule has 0 aromatic heterocycles. The summed E-state index contributed by atoms with van der Waals surface area (Å²) in [6.45, 7) is 0.0548. The van der Waals surface area contributed by atoms with Gasteiger partial charge in [0.15, 0.2) is 6.61 Å².